The molecule has 7 atom stereocenters. The van der Waals surface area contributed by atoms with Crippen molar-refractivity contribution < 1.29 is 34.1 Å². The minimum Gasteiger partial charge on any atom is -0.511 e. The highest BCUT2D eigenvalue weighted by atomic mass is 19.1. The van der Waals surface area contributed by atoms with Crippen LogP contribution in [-0.4, -0.2) is 82.5 Å². The third-order valence-corrected chi connectivity index (χ3v) is 10.9. The Morgan fingerprint density at radius 1 is 1.25 bits per heavy atom. The maximum Gasteiger partial charge on any atom is 0.248 e. The number of nitrogens with two attached hydrogens (primary N) is 1. The number of aliphatic hydroxyl groups excluding tert-OH is 2. The molecule has 1 aromatic carbocycles. The fourth-order valence-corrected chi connectivity index (χ4v) is 8.77. The van der Waals surface area contributed by atoms with Crippen LogP contribution >= 0.6 is 0 Å². The van der Waals surface area contributed by atoms with Gasteiger partial charge in [-0.2, -0.15) is 0 Å². The number of likely N-dealkylation sites (tertiary alicyclic amines) is 1. The van der Waals surface area contributed by atoms with Gasteiger partial charge in [0.2, 0.25) is 11.8 Å². The number of nitrogens with zero attached hydrogens (tertiary/aromatic N) is 2. The van der Waals surface area contributed by atoms with E-state index in [1.165, 1.54) is 0 Å². The van der Waals surface area contributed by atoms with Gasteiger partial charge in [0, 0.05) is 34.6 Å². The van der Waals surface area contributed by atoms with Crippen LogP contribution in [0.5, 0.6) is 5.75 Å². The lowest BCUT2D eigenvalue weighted by Crippen LogP contribution is -2.52. The van der Waals surface area contributed by atoms with Crippen molar-refractivity contribution in [1.29, 1.82) is 0 Å². The molecule has 11 heteroatoms. The normalized spacial score (nSPS) is 36.4. The molecule has 0 aromatic heterocycles. The number of allylic oxidation sites excluding steroid dienone is 2. The zero-order chi connectivity index (χ0) is 29.2. The summed E-state index contributed by atoms with van der Waals surface area (Å²) in [4.78, 5) is 42.9. The summed E-state index contributed by atoms with van der Waals surface area (Å²) in [7, 11) is 5.30. The molecule has 4 aliphatic carbocycles. The summed E-state index contributed by atoms with van der Waals surface area (Å²) >= 11 is 0. The van der Waals surface area contributed by atoms with Gasteiger partial charge in [0.1, 0.15) is 17.3 Å². The number of fused-ring (bicyclic) bond motifs is 2. The quantitative estimate of drug-likeness (QED) is 0.355. The molecule has 1 heterocycles. The Balaban J connectivity index is 1.48. The zero-order valence-corrected chi connectivity index (χ0v) is 23.2. The minimum atomic E-state index is -1.05. The van der Waals surface area contributed by atoms with E-state index in [0.717, 1.165) is 12.6 Å². The number of halogens is 1. The van der Waals surface area contributed by atoms with Crippen molar-refractivity contribution in [3.8, 4) is 5.75 Å². The average molecular weight is 555 g/mol. The van der Waals surface area contributed by atoms with Crippen LogP contribution in [0.3, 0.4) is 0 Å². The van der Waals surface area contributed by atoms with E-state index >= 15 is 4.39 Å². The molecule has 2 amide bonds. The number of likely N-dealkylation sites (N-methyl/N-ethyl adjacent to an activating group) is 2. The average Bonchev–Trinajstić information content (AvgIpc) is 3.34. The third kappa shape index (κ3) is 2.97. The molecule has 0 bridgehead atoms. The number of rotatable bonds is 4. The number of carbonyl (C=O) groups is 3. The molecule has 40 heavy (non-hydrogen) atoms. The SMILES string of the molecule is CC1[C@]2(C)C(C(N)=O)=C(O)[C@@H](N(C)C)[C@@H]3C[C@@H]4Cc5c(F)cc(NC(=O)[C@@H]6CCN6C)c(O)c5C(=O)C4=C(O)[C@@]132. The molecule has 0 radical (unpaired) electrons. The lowest BCUT2D eigenvalue weighted by atomic mass is 9.58. The van der Waals surface area contributed by atoms with Crippen molar-refractivity contribution in [2.45, 2.75) is 45.2 Å². The number of carbonyl (C=O) groups excluding carboxylic acids is 3. The highest BCUT2D eigenvalue weighted by Crippen LogP contribution is 2.83. The second kappa shape index (κ2) is 8.29. The Bertz CT molecular complexity index is 1470. The predicted molar refractivity (Wildman–Crippen MR) is 143 cm³/mol. The first-order valence-electron chi connectivity index (χ1n) is 13.6. The second-order valence-corrected chi connectivity index (χ2v) is 12.5. The molecular weight excluding hydrogens is 519 g/mol. The van der Waals surface area contributed by atoms with E-state index in [1.807, 2.05) is 11.8 Å². The third-order valence-electron chi connectivity index (χ3n) is 10.9. The van der Waals surface area contributed by atoms with Crippen molar-refractivity contribution in [3.05, 3.63) is 45.7 Å². The molecule has 1 aliphatic heterocycles. The van der Waals surface area contributed by atoms with Gasteiger partial charge >= 0.3 is 0 Å². The number of benzene rings is 1. The number of amides is 2. The number of Topliss-reactive ketones (excluding diaryl/α,β-unsaturated/α-hetero) is 1. The predicted octanol–water partition coefficient (Wildman–Crippen LogP) is 2.24. The number of phenols is 1. The van der Waals surface area contributed by atoms with Crippen molar-refractivity contribution in [2.75, 3.05) is 33.0 Å². The Morgan fingerprint density at radius 2 is 1.93 bits per heavy atom. The number of phenolic OH excluding ortho intramolecular Hbond substituents is 1. The fourth-order valence-electron chi connectivity index (χ4n) is 8.77. The van der Waals surface area contributed by atoms with Crippen LogP contribution in [0.15, 0.2) is 28.7 Å². The van der Waals surface area contributed by atoms with Gasteiger partial charge in [-0.3, -0.25) is 24.2 Å². The van der Waals surface area contributed by atoms with E-state index in [4.69, 9.17) is 5.73 Å². The highest BCUT2D eigenvalue weighted by Gasteiger charge is 2.83. The molecule has 1 saturated heterocycles. The Hall–Kier alpha value is -3.44. The van der Waals surface area contributed by atoms with E-state index in [2.05, 4.69) is 5.32 Å². The number of hydrogen-bond acceptors (Lipinski definition) is 8. The Labute approximate surface area is 231 Å². The van der Waals surface area contributed by atoms with E-state index in [1.54, 1.807) is 33.0 Å². The Kier molecular flexibility index (Phi) is 5.55. The lowest BCUT2D eigenvalue weighted by molar-refractivity contribution is -0.124. The van der Waals surface area contributed by atoms with Crippen LogP contribution in [0, 0.1) is 34.4 Å². The molecule has 5 aliphatic rings. The van der Waals surface area contributed by atoms with Crippen molar-refractivity contribution in [1.82, 2.24) is 9.80 Å². The molecule has 1 unspecified atom stereocenters. The summed E-state index contributed by atoms with van der Waals surface area (Å²) < 4.78 is 15.5. The molecule has 1 saturated carbocycles. The molecule has 10 nitrogen and oxygen atoms in total. The monoisotopic (exact) mass is 554 g/mol. The number of ketones is 1. The van der Waals surface area contributed by atoms with Crippen molar-refractivity contribution in [2.24, 2.45) is 34.3 Å². The van der Waals surface area contributed by atoms with E-state index in [-0.39, 0.29) is 57.7 Å². The largest absolute Gasteiger partial charge is 0.511 e. The topological polar surface area (TPSA) is 156 Å². The van der Waals surface area contributed by atoms with Crippen molar-refractivity contribution >= 4 is 23.3 Å². The molecule has 1 aromatic rings. The van der Waals surface area contributed by atoms with E-state index in [9.17, 15) is 29.7 Å². The van der Waals surface area contributed by atoms with Gasteiger partial charge in [-0.15, -0.1) is 0 Å². The van der Waals surface area contributed by atoms with Gasteiger partial charge in [-0.05, 0) is 58.2 Å². The maximum atomic E-state index is 15.5. The lowest BCUT2D eigenvalue weighted by Gasteiger charge is -2.49. The van der Waals surface area contributed by atoms with Gasteiger partial charge in [-0.1, -0.05) is 13.8 Å². The number of anilines is 1. The standard InChI is InChI=1S/C29H35FN4O6/c1-11-28(2)20(26(31)39)24(37)21(33(3)4)14-9-12-8-13-15(30)10-16(32-27(40)17-6-7-34(17)5)22(35)19(13)23(36)18(12)25(38)29(11,14)28/h10-12,14,17,21,35,37-38H,6-9H2,1-5H3,(H2,31,39)(H,32,40)/t11?,12-,14-,17-,21-,28+,29+/m0/s1. The molecule has 2 fully saturated rings. The van der Waals surface area contributed by atoms with Crippen LogP contribution in [0.25, 0.3) is 0 Å². The number of primary amides is 1. The van der Waals surface area contributed by atoms with Gasteiger partial charge in [-0.25, -0.2) is 4.39 Å². The second-order valence-electron chi connectivity index (χ2n) is 12.5. The maximum absolute atomic E-state index is 15.5. The van der Waals surface area contributed by atoms with E-state index < -0.39 is 58.0 Å². The number of hydrogen-bond donors (Lipinski definition) is 5. The highest BCUT2D eigenvalue weighted by molar-refractivity contribution is 6.15. The first-order valence-corrected chi connectivity index (χ1v) is 13.6. The summed E-state index contributed by atoms with van der Waals surface area (Å²) in [6.07, 6.45) is 1.02. The molecule has 6 rings (SSSR count). The van der Waals surface area contributed by atoms with E-state index in [0.29, 0.717) is 12.8 Å². The molecule has 6 N–H and O–H groups in total. The molecule has 1 spiro atoms. The number of aromatic hydroxyl groups is 1. The smallest absolute Gasteiger partial charge is 0.248 e. The summed E-state index contributed by atoms with van der Waals surface area (Å²) in [5.74, 6) is -4.78. The summed E-state index contributed by atoms with van der Waals surface area (Å²) in [6, 6.07) is -0.0248. The van der Waals surface area contributed by atoms with Crippen LogP contribution in [0.2, 0.25) is 0 Å². The minimum absolute atomic E-state index is 0.0279. The van der Waals surface area contributed by atoms with Crippen LogP contribution < -0.4 is 11.1 Å². The fraction of sp³-hybridized carbons (Fsp3) is 0.552. The number of aliphatic hydroxyl groups is 2. The van der Waals surface area contributed by atoms with Crippen LogP contribution in [0.1, 0.15) is 42.6 Å². The summed E-state index contributed by atoms with van der Waals surface area (Å²) in [5, 5.41) is 36.9. The molecule has 214 valence electrons. The summed E-state index contributed by atoms with van der Waals surface area (Å²) in [5.41, 5.74) is 3.38. The summed E-state index contributed by atoms with van der Waals surface area (Å²) in [6.45, 7) is 4.38. The first kappa shape index (κ1) is 26.8. The van der Waals surface area contributed by atoms with Crippen LogP contribution in [-0.2, 0) is 16.0 Å². The van der Waals surface area contributed by atoms with Gasteiger partial charge in [0.05, 0.1) is 28.9 Å². The van der Waals surface area contributed by atoms with Gasteiger partial charge in [0.15, 0.2) is 11.5 Å². The van der Waals surface area contributed by atoms with Gasteiger partial charge < -0.3 is 26.4 Å². The number of nitrogens with one attached hydrogen (secondary N) is 1. The Morgan fingerprint density at radius 3 is 2.48 bits per heavy atom. The van der Waals surface area contributed by atoms with Gasteiger partial charge in [0.25, 0.3) is 0 Å². The molecular formula is C29H35FN4O6. The van der Waals surface area contributed by atoms with Crippen LogP contribution in [0.4, 0.5) is 10.1 Å². The zero-order valence-electron chi connectivity index (χ0n) is 23.2. The first-order chi connectivity index (χ1) is 18.7. The van der Waals surface area contributed by atoms with Crippen molar-refractivity contribution in [3.63, 3.8) is 0 Å².